The van der Waals surface area contributed by atoms with Gasteiger partial charge in [0.1, 0.15) is 5.82 Å². The van der Waals surface area contributed by atoms with Crippen LogP contribution in [-0.2, 0) is 0 Å². The largest absolute Gasteiger partial charge is 0.346 e. The van der Waals surface area contributed by atoms with E-state index in [9.17, 15) is 9.18 Å². The Morgan fingerprint density at radius 1 is 1.59 bits per heavy atom. The summed E-state index contributed by atoms with van der Waals surface area (Å²) >= 11 is 3.25. The highest BCUT2D eigenvalue weighted by Crippen LogP contribution is 2.20. The zero-order valence-electron chi connectivity index (χ0n) is 9.52. The Balaban J connectivity index is 2.17. The molecule has 0 saturated carbocycles. The summed E-state index contributed by atoms with van der Waals surface area (Å²) in [5, 5.41) is 6.14. The van der Waals surface area contributed by atoms with Crippen LogP contribution in [0.4, 0.5) is 4.39 Å². The summed E-state index contributed by atoms with van der Waals surface area (Å²) in [6.07, 6.45) is 0.881. The van der Waals surface area contributed by atoms with Gasteiger partial charge in [0.05, 0.1) is 11.1 Å². The highest BCUT2D eigenvalue weighted by molar-refractivity contribution is 9.10. The Bertz CT molecular complexity index is 444. The molecule has 1 aliphatic heterocycles. The number of benzene rings is 1. The number of carbonyl (C=O) groups excluding carboxylic acids is 1. The molecule has 17 heavy (non-hydrogen) atoms. The first-order valence-electron chi connectivity index (χ1n) is 5.48. The third-order valence-electron chi connectivity index (χ3n) is 2.96. The summed E-state index contributed by atoms with van der Waals surface area (Å²) in [5.41, 5.74) is 0.0844. The van der Waals surface area contributed by atoms with Gasteiger partial charge >= 0.3 is 0 Å². The highest BCUT2D eigenvalue weighted by atomic mass is 79.9. The number of rotatable bonds is 2. The van der Waals surface area contributed by atoms with Crippen molar-refractivity contribution in [2.24, 2.45) is 0 Å². The minimum absolute atomic E-state index is 0.247. The number of hydrogen-bond donors (Lipinski definition) is 2. The van der Waals surface area contributed by atoms with Crippen LogP contribution in [0.5, 0.6) is 0 Å². The number of halogens is 2. The molecule has 0 aliphatic carbocycles. The molecule has 0 radical (unpaired) electrons. The lowest BCUT2D eigenvalue weighted by Gasteiger charge is -2.24. The van der Waals surface area contributed by atoms with E-state index in [1.54, 1.807) is 6.07 Å². The molecule has 1 atom stereocenters. The third kappa shape index (κ3) is 2.84. The van der Waals surface area contributed by atoms with Crippen molar-refractivity contribution in [3.63, 3.8) is 0 Å². The predicted octanol–water partition coefficient (Wildman–Crippen LogP) is 2.07. The molecular formula is C12H14BrFN2O. The molecule has 1 fully saturated rings. The van der Waals surface area contributed by atoms with Crippen LogP contribution in [0, 0.1) is 5.82 Å². The second kappa shape index (κ2) is 4.74. The van der Waals surface area contributed by atoms with E-state index < -0.39 is 5.82 Å². The zero-order valence-corrected chi connectivity index (χ0v) is 11.1. The van der Waals surface area contributed by atoms with Gasteiger partial charge in [0.25, 0.3) is 5.91 Å². The van der Waals surface area contributed by atoms with E-state index in [0.717, 1.165) is 19.5 Å². The van der Waals surface area contributed by atoms with Crippen molar-refractivity contribution in [2.45, 2.75) is 18.9 Å². The van der Waals surface area contributed by atoms with Crippen LogP contribution in [0.25, 0.3) is 0 Å². The molecule has 2 N–H and O–H groups in total. The monoisotopic (exact) mass is 300 g/mol. The van der Waals surface area contributed by atoms with Gasteiger partial charge in [-0.15, -0.1) is 0 Å². The van der Waals surface area contributed by atoms with Crippen molar-refractivity contribution in [3.05, 3.63) is 34.1 Å². The molecule has 1 saturated heterocycles. The number of carbonyl (C=O) groups is 1. The Hall–Kier alpha value is -0.940. The van der Waals surface area contributed by atoms with Crippen molar-refractivity contribution in [2.75, 3.05) is 13.1 Å². The Morgan fingerprint density at radius 2 is 2.35 bits per heavy atom. The molecule has 1 aliphatic rings. The molecule has 3 nitrogen and oxygen atoms in total. The summed E-state index contributed by atoms with van der Waals surface area (Å²) in [6.45, 7) is 3.62. The van der Waals surface area contributed by atoms with Gasteiger partial charge in [-0.3, -0.25) is 4.79 Å². The van der Waals surface area contributed by atoms with Crippen LogP contribution in [0.15, 0.2) is 22.7 Å². The average Bonchev–Trinajstić information content (AvgIpc) is 2.68. The van der Waals surface area contributed by atoms with Crippen molar-refractivity contribution < 1.29 is 9.18 Å². The summed E-state index contributed by atoms with van der Waals surface area (Å²) in [5.74, 6) is -0.657. The first kappa shape index (κ1) is 12.5. The highest BCUT2D eigenvalue weighted by Gasteiger charge is 2.30. The summed E-state index contributed by atoms with van der Waals surface area (Å²) in [7, 11) is 0. The normalized spacial score (nSPS) is 23.7. The molecule has 1 amide bonds. The van der Waals surface area contributed by atoms with Gasteiger partial charge in [0, 0.05) is 11.0 Å². The van der Waals surface area contributed by atoms with E-state index in [-0.39, 0.29) is 11.4 Å². The van der Waals surface area contributed by atoms with Crippen LogP contribution in [-0.4, -0.2) is 24.5 Å². The summed E-state index contributed by atoms with van der Waals surface area (Å²) < 4.78 is 13.7. The molecule has 1 aromatic rings. The smallest absolute Gasteiger partial charge is 0.252 e. The van der Waals surface area contributed by atoms with Crippen LogP contribution in [0.3, 0.4) is 0 Å². The quantitative estimate of drug-likeness (QED) is 0.878. The molecule has 0 bridgehead atoms. The molecule has 0 spiro atoms. The number of hydrogen-bond acceptors (Lipinski definition) is 2. The molecule has 2 rings (SSSR count). The number of nitrogens with one attached hydrogen (secondary N) is 2. The summed E-state index contributed by atoms with van der Waals surface area (Å²) in [4.78, 5) is 12.0. The van der Waals surface area contributed by atoms with Gasteiger partial charge in [0.2, 0.25) is 0 Å². The van der Waals surface area contributed by atoms with Gasteiger partial charge in [-0.25, -0.2) is 4.39 Å². The van der Waals surface area contributed by atoms with Crippen molar-refractivity contribution >= 4 is 21.8 Å². The first-order chi connectivity index (χ1) is 8.00. The number of amides is 1. The fraction of sp³-hybridized carbons (Fsp3) is 0.417. The topological polar surface area (TPSA) is 41.1 Å². The van der Waals surface area contributed by atoms with Crippen molar-refractivity contribution in [3.8, 4) is 0 Å². The zero-order chi connectivity index (χ0) is 12.5. The first-order valence-corrected chi connectivity index (χ1v) is 6.28. The SMILES string of the molecule is CC1(NC(=O)c2cc(F)ccc2Br)CCNC1. The molecular weight excluding hydrogens is 287 g/mol. The van der Waals surface area contributed by atoms with Crippen LogP contribution in [0.1, 0.15) is 23.7 Å². The van der Waals surface area contributed by atoms with Gasteiger partial charge in [0.15, 0.2) is 0 Å². The third-order valence-corrected chi connectivity index (χ3v) is 3.65. The van der Waals surface area contributed by atoms with Crippen LogP contribution < -0.4 is 10.6 Å². The maximum absolute atomic E-state index is 13.1. The van der Waals surface area contributed by atoms with E-state index in [1.807, 2.05) is 6.92 Å². The molecule has 5 heteroatoms. The predicted molar refractivity (Wildman–Crippen MR) is 67.5 cm³/mol. The second-order valence-corrected chi connectivity index (χ2v) is 5.42. The lowest BCUT2D eigenvalue weighted by atomic mass is 10.0. The van der Waals surface area contributed by atoms with Gasteiger partial charge in [-0.1, -0.05) is 0 Å². The minimum Gasteiger partial charge on any atom is -0.346 e. The van der Waals surface area contributed by atoms with E-state index in [1.165, 1.54) is 12.1 Å². The van der Waals surface area contributed by atoms with Crippen LogP contribution in [0.2, 0.25) is 0 Å². The molecule has 92 valence electrons. The minimum atomic E-state index is -0.409. The molecule has 1 unspecified atom stereocenters. The molecule has 1 aromatic carbocycles. The standard InChI is InChI=1S/C12H14BrFN2O/c1-12(4-5-15-7-12)16-11(17)9-6-8(14)2-3-10(9)13/h2-3,6,15H,4-5,7H2,1H3,(H,16,17). The Kier molecular flexibility index (Phi) is 3.49. The summed E-state index contributed by atoms with van der Waals surface area (Å²) in [6, 6.07) is 4.10. The Morgan fingerprint density at radius 3 is 3.00 bits per heavy atom. The molecule has 1 heterocycles. The van der Waals surface area contributed by atoms with E-state index in [2.05, 4.69) is 26.6 Å². The Labute approximate surface area is 108 Å². The lowest BCUT2D eigenvalue weighted by Crippen LogP contribution is -2.47. The fourth-order valence-corrected chi connectivity index (χ4v) is 2.36. The van der Waals surface area contributed by atoms with Gasteiger partial charge in [-0.05, 0) is 54.0 Å². The fourth-order valence-electron chi connectivity index (χ4n) is 1.94. The molecule has 0 aromatic heterocycles. The average molecular weight is 301 g/mol. The van der Waals surface area contributed by atoms with E-state index in [0.29, 0.717) is 10.0 Å². The maximum Gasteiger partial charge on any atom is 0.252 e. The van der Waals surface area contributed by atoms with Crippen molar-refractivity contribution in [1.82, 2.24) is 10.6 Å². The van der Waals surface area contributed by atoms with Gasteiger partial charge in [-0.2, -0.15) is 0 Å². The van der Waals surface area contributed by atoms with Crippen molar-refractivity contribution in [1.29, 1.82) is 0 Å². The lowest BCUT2D eigenvalue weighted by molar-refractivity contribution is 0.0912. The van der Waals surface area contributed by atoms with E-state index in [4.69, 9.17) is 0 Å². The van der Waals surface area contributed by atoms with E-state index >= 15 is 0 Å². The van der Waals surface area contributed by atoms with Gasteiger partial charge < -0.3 is 10.6 Å². The maximum atomic E-state index is 13.1. The van der Waals surface area contributed by atoms with Crippen LogP contribution >= 0.6 is 15.9 Å². The second-order valence-electron chi connectivity index (χ2n) is 4.57.